The first kappa shape index (κ1) is 12.6. The van der Waals surface area contributed by atoms with E-state index in [1.165, 1.54) is 12.1 Å². The van der Waals surface area contributed by atoms with Crippen molar-refractivity contribution in [1.29, 1.82) is 0 Å². The molecule has 1 aromatic carbocycles. The van der Waals surface area contributed by atoms with Gasteiger partial charge in [-0.3, -0.25) is 4.79 Å². The summed E-state index contributed by atoms with van der Waals surface area (Å²) in [6.07, 6.45) is 0. The van der Waals surface area contributed by atoms with Crippen LogP contribution in [0, 0.1) is 5.82 Å². The van der Waals surface area contributed by atoms with Crippen LogP contribution in [0.2, 0.25) is 0 Å². The molecule has 1 aromatic rings. The number of hydrogen-bond acceptors (Lipinski definition) is 2. The van der Waals surface area contributed by atoms with E-state index >= 15 is 0 Å². The van der Waals surface area contributed by atoms with Crippen molar-refractivity contribution in [3.05, 3.63) is 35.6 Å². The average molecular weight is 224 g/mol. The molecule has 0 saturated carbocycles. The normalized spacial score (nSPS) is 10.5. The zero-order chi connectivity index (χ0) is 12.0. The predicted octanol–water partition coefficient (Wildman–Crippen LogP) is 1.55. The van der Waals surface area contributed by atoms with E-state index in [9.17, 15) is 9.18 Å². The second kappa shape index (κ2) is 6.23. The SMILES string of the molecule is CC(C)NCCNC(=O)c1ccccc1F. The topological polar surface area (TPSA) is 41.1 Å². The van der Waals surface area contributed by atoms with E-state index < -0.39 is 5.82 Å². The van der Waals surface area contributed by atoms with Crippen LogP contribution in [-0.4, -0.2) is 25.0 Å². The van der Waals surface area contributed by atoms with Crippen LogP contribution in [0.1, 0.15) is 24.2 Å². The Morgan fingerprint density at radius 3 is 2.62 bits per heavy atom. The third-order valence-electron chi connectivity index (χ3n) is 2.08. The lowest BCUT2D eigenvalue weighted by atomic mass is 10.2. The van der Waals surface area contributed by atoms with Gasteiger partial charge in [-0.1, -0.05) is 26.0 Å². The summed E-state index contributed by atoms with van der Waals surface area (Å²) in [6.45, 7) is 5.22. The number of halogens is 1. The lowest BCUT2D eigenvalue weighted by Crippen LogP contribution is -2.34. The molecule has 0 atom stereocenters. The number of nitrogens with one attached hydrogen (secondary N) is 2. The molecule has 0 fully saturated rings. The van der Waals surface area contributed by atoms with E-state index in [-0.39, 0.29) is 11.5 Å². The molecular formula is C12H17FN2O. The Balaban J connectivity index is 2.39. The molecule has 0 spiro atoms. The van der Waals surface area contributed by atoms with Crippen molar-refractivity contribution in [2.75, 3.05) is 13.1 Å². The third kappa shape index (κ3) is 3.98. The molecule has 0 radical (unpaired) electrons. The zero-order valence-electron chi connectivity index (χ0n) is 9.59. The number of carbonyl (C=O) groups is 1. The van der Waals surface area contributed by atoms with Crippen molar-refractivity contribution >= 4 is 5.91 Å². The Kier molecular flexibility index (Phi) is 4.92. The fraction of sp³-hybridized carbons (Fsp3) is 0.417. The van der Waals surface area contributed by atoms with Crippen LogP contribution in [0.3, 0.4) is 0 Å². The number of carbonyl (C=O) groups excluding carboxylic acids is 1. The Bertz CT molecular complexity index is 353. The first-order valence-corrected chi connectivity index (χ1v) is 5.37. The summed E-state index contributed by atoms with van der Waals surface area (Å²) < 4.78 is 13.2. The summed E-state index contributed by atoms with van der Waals surface area (Å²) in [6, 6.07) is 6.34. The summed E-state index contributed by atoms with van der Waals surface area (Å²) in [4.78, 5) is 11.5. The molecule has 1 rings (SSSR count). The van der Waals surface area contributed by atoms with E-state index in [0.717, 1.165) is 0 Å². The van der Waals surface area contributed by atoms with Gasteiger partial charge in [0, 0.05) is 19.1 Å². The van der Waals surface area contributed by atoms with Crippen molar-refractivity contribution in [2.24, 2.45) is 0 Å². The highest BCUT2D eigenvalue weighted by molar-refractivity contribution is 5.94. The Morgan fingerprint density at radius 2 is 2.00 bits per heavy atom. The van der Waals surface area contributed by atoms with Crippen LogP contribution in [0.25, 0.3) is 0 Å². The largest absolute Gasteiger partial charge is 0.351 e. The standard InChI is InChI=1S/C12H17FN2O/c1-9(2)14-7-8-15-12(16)10-5-3-4-6-11(10)13/h3-6,9,14H,7-8H2,1-2H3,(H,15,16). The molecule has 1 amide bonds. The molecule has 0 heterocycles. The quantitative estimate of drug-likeness (QED) is 0.745. The van der Waals surface area contributed by atoms with Crippen molar-refractivity contribution in [1.82, 2.24) is 10.6 Å². The maximum Gasteiger partial charge on any atom is 0.254 e. The zero-order valence-corrected chi connectivity index (χ0v) is 9.59. The highest BCUT2D eigenvalue weighted by Crippen LogP contribution is 2.05. The van der Waals surface area contributed by atoms with Crippen molar-refractivity contribution in [2.45, 2.75) is 19.9 Å². The van der Waals surface area contributed by atoms with E-state index in [2.05, 4.69) is 10.6 Å². The Labute approximate surface area is 95.0 Å². The van der Waals surface area contributed by atoms with Crippen molar-refractivity contribution < 1.29 is 9.18 Å². The molecule has 4 heteroatoms. The number of rotatable bonds is 5. The van der Waals surface area contributed by atoms with Crippen LogP contribution in [0.4, 0.5) is 4.39 Å². The number of amides is 1. The fourth-order valence-electron chi connectivity index (χ4n) is 1.28. The van der Waals surface area contributed by atoms with E-state index in [1.807, 2.05) is 13.8 Å². The fourth-order valence-corrected chi connectivity index (χ4v) is 1.28. The molecule has 0 saturated heterocycles. The lowest BCUT2D eigenvalue weighted by molar-refractivity contribution is 0.0949. The van der Waals surface area contributed by atoms with Crippen molar-refractivity contribution in [3.63, 3.8) is 0 Å². The van der Waals surface area contributed by atoms with Gasteiger partial charge in [-0.2, -0.15) is 0 Å². The number of hydrogen-bond donors (Lipinski definition) is 2. The van der Waals surface area contributed by atoms with Gasteiger partial charge in [0.15, 0.2) is 0 Å². The summed E-state index contributed by atoms with van der Waals surface area (Å²) in [5.74, 6) is -0.861. The molecule has 0 unspecified atom stereocenters. The summed E-state index contributed by atoms with van der Waals surface area (Å²) in [5.41, 5.74) is 0.0899. The lowest BCUT2D eigenvalue weighted by Gasteiger charge is -2.09. The average Bonchev–Trinajstić information content (AvgIpc) is 2.24. The minimum absolute atomic E-state index is 0.0899. The molecule has 0 bridgehead atoms. The van der Waals surface area contributed by atoms with Gasteiger partial charge in [-0.05, 0) is 12.1 Å². The minimum atomic E-state index is -0.489. The second-order valence-corrected chi connectivity index (χ2v) is 3.84. The number of benzene rings is 1. The Hall–Kier alpha value is -1.42. The van der Waals surface area contributed by atoms with Gasteiger partial charge in [0.05, 0.1) is 5.56 Å². The highest BCUT2D eigenvalue weighted by Gasteiger charge is 2.09. The Morgan fingerprint density at radius 1 is 1.31 bits per heavy atom. The van der Waals surface area contributed by atoms with Crippen LogP contribution in [0.5, 0.6) is 0 Å². The third-order valence-corrected chi connectivity index (χ3v) is 2.08. The molecule has 0 aliphatic heterocycles. The molecule has 0 aliphatic rings. The molecule has 0 aliphatic carbocycles. The maximum atomic E-state index is 13.2. The van der Waals surface area contributed by atoms with Gasteiger partial charge in [-0.25, -0.2) is 4.39 Å². The van der Waals surface area contributed by atoms with E-state index in [0.29, 0.717) is 19.1 Å². The van der Waals surface area contributed by atoms with Crippen LogP contribution >= 0.6 is 0 Å². The van der Waals surface area contributed by atoms with Gasteiger partial charge >= 0.3 is 0 Å². The van der Waals surface area contributed by atoms with E-state index in [4.69, 9.17) is 0 Å². The first-order chi connectivity index (χ1) is 7.61. The minimum Gasteiger partial charge on any atom is -0.351 e. The molecular weight excluding hydrogens is 207 g/mol. The molecule has 3 nitrogen and oxygen atoms in total. The summed E-state index contributed by atoms with van der Waals surface area (Å²) in [7, 11) is 0. The highest BCUT2D eigenvalue weighted by atomic mass is 19.1. The second-order valence-electron chi connectivity index (χ2n) is 3.84. The molecule has 88 valence electrons. The van der Waals surface area contributed by atoms with Gasteiger partial charge in [0.1, 0.15) is 5.82 Å². The van der Waals surface area contributed by atoms with Crippen LogP contribution < -0.4 is 10.6 Å². The van der Waals surface area contributed by atoms with Crippen LogP contribution in [-0.2, 0) is 0 Å². The van der Waals surface area contributed by atoms with Crippen molar-refractivity contribution in [3.8, 4) is 0 Å². The maximum absolute atomic E-state index is 13.2. The summed E-state index contributed by atoms with van der Waals surface area (Å²) >= 11 is 0. The van der Waals surface area contributed by atoms with Crippen LogP contribution in [0.15, 0.2) is 24.3 Å². The molecule has 16 heavy (non-hydrogen) atoms. The summed E-state index contributed by atoms with van der Waals surface area (Å²) in [5, 5.41) is 5.81. The van der Waals surface area contributed by atoms with Gasteiger partial charge < -0.3 is 10.6 Å². The van der Waals surface area contributed by atoms with E-state index in [1.54, 1.807) is 12.1 Å². The monoisotopic (exact) mass is 224 g/mol. The van der Waals surface area contributed by atoms with Gasteiger partial charge in [0.2, 0.25) is 0 Å². The first-order valence-electron chi connectivity index (χ1n) is 5.37. The predicted molar refractivity (Wildman–Crippen MR) is 61.9 cm³/mol. The smallest absolute Gasteiger partial charge is 0.254 e. The van der Waals surface area contributed by atoms with Gasteiger partial charge in [-0.15, -0.1) is 0 Å². The molecule has 2 N–H and O–H groups in total. The molecule has 0 aromatic heterocycles. The van der Waals surface area contributed by atoms with Gasteiger partial charge in [0.25, 0.3) is 5.91 Å².